The number of aromatic nitrogens is 2. The molecule has 1 amide bonds. The quantitative estimate of drug-likeness (QED) is 0.754. The molecule has 0 radical (unpaired) electrons. The van der Waals surface area contributed by atoms with E-state index in [1.807, 2.05) is 6.92 Å². The van der Waals surface area contributed by atoms with Gasteiger partial charge in [-0.3, -0.25) is 19.2 Å². The van der Waals surface area contributed by atoms with Crippen LogP contribution in [0, 0.1) is 0 Å². The Kier molecular flexibility index (Phi) is 5.18. The molecule has 0 spiro atoms. The monoisotopic (exact) mass is 333 g/mol. The maximum Gasteiger partial charge on any atom is 0.323 e. The predicted octanol–water partition coefficient (Wildman–Crippen LogP) is 0.646. The van der Waals surface area contributed by atoms with Crippen molar-refractivity contribution in [1.29, 1.82) is 0 Å². The van der Waals surface area contributed by atoms with Crippen LogP contribution >= 0.6 is 0 Å². The number of H-pyrrole nitrogens is 1. The van der Waals surface area contributed by atoms with Crippen molar-refractivity contribution in [2.24, 2.45) is 0 Å². The standard InChI is InChI=1S/C16H19N3O5/c1-3-7-18(9-13(20)21)15(23)10-5-6-12-11(8-10)17-14(22)16(24)19(12)4-2/h5-6,8H,3-4,7,9H2,1-2H3,(H,17,22)(H,20,21). The summed E-state index contributed by atoms with van der Waals surface area (Å²) in [5.41, 5.74) is -0.278. The lowest BCUT2D eigenvalue weighted by molar-refractivity contribution is -0.137. The fourth-order valence-electron chi connectivity index (χ4n) is 2.59. The molecule has 8 heteroatoms. The lowest BCUT2D eigenvalue weighted by atomic mass is 10.1. The normalized spacial score (nSPS) is 10.8. The first-order chi connectivity index (χ1) is 11.4. The van der Waals surface area contributed by atoms with E-state index >= 15 is 0 Å². The van der Waals surface area contributed by atoms with Gasteiger partial charge in [-0.25, -0.2) is 0 Å². The highest BCUT2D eigenvalue weighted by molar-refractivity contribution is 5.98. The molecule has 24 heavy (non-hydrogen) atoms. The molecule has 8 nitrogen and oxygen atoms in total. The Bertz CT molecular complexity index is 897. The Morgan fingerprint density at radius 3 is 2.54 bits per heavy atom. The van der Waals surface area contributed by atoms with Gasteiger partial charge in [0.2, 0.25) is 0 Å². The topological polar surface area (TPSA) is 112 Å². The maximum atomic E-state index is 12.5. The van der Waals surface area contributed by atoms with Crippen molar-refractivity contribution in [3.8, 4) is 0 Å². The molecule has 1 aromatic heterocycles. The van der Waals surface area contributed by atoms with Gasteiger partial charge in [-0.1, -0.05) is 6.92 Å². The number of benzene rings is 1. The summed E-state index contributed by atoms with van der Waals surface area (Å²) in [5, 5.41) is 8.93. The average molecular weight is 333 g/mol. The van der Waals surface area contributed by atoms with Crippen LogP contribution in [-0.2, 0) is 11.3 Å². The number of aliphatic carboxylic acids is 1. The molecule has 0 fully saturated rings. The molecule has 2 rings (SSSR count). The molecule has 0 saturated heterocycles. The summed E-state index contributed by atoms with van der Waals surface area (Å²) in [6.45, 7) is 3.84. The van der Waals surface area contributed by atoms with E-state index in [-0.39, 0.29) is 5.56 Å². The first-order valence-corrected chi connectivity index (χ1v) is 7.67. The number of amides is 1. The molecule has 2 aromatic rings. The number of hydrogen-bond donors (Lipinski definition) is 2. The van der Waals surface area contributed by atoms with E-state index in [0.29, 0.717) is 30.5 Å². The number of hydrogen-bond acceptors (Lipinski definition) is 4. The number of aromatic amines is 1. The summed E-state index contributed by atoms with van der Waals surface area (Å²) < 4.78 is 1.32. The minimum Gasteiger partial charge on any atom is -0.480 e. The third-order valence-electron chi connectivity index (χ3n) is 3.64. The predicted molar refractivity (Wildman–Crippen MR) is 88.3 cm³/mol. The molecule has 0 bridgehead atoms. The van der Waals surface area contributed by atoms with Gasteiger partial charge < -0.3 is 19.6 Å². The third kappa shape index (κ3) is 3.37. The molecule has 1 aromatic carbocycles. The van der Waals surface area contributed by atoms with Crippen LogP contribution in [0.1, 0.15) is 30.6 Å². The van der Waals surface area contributed by atoms with Gasteiger partial charge in [0.25, 0.3) is 5.91 Å². The van der Waals surface area contributed by atoms with Crippen LogP contribution in [-0.4, -0.2) is 44.5 Å². The van der Waals surface area contributed by atoms with E-state index in [9.17, 15) is 19.2 Å². The highest BCUT2D eigenvalue weighted by atomic mass is 16.4. The molecule has 128 valence electrons. The molecule has 0 saturated carbocycles. The Morgan fingerprint density at radius 1 is 1.25 bits per heavy atom. The number of carboxylic acid groups (broad SMARTS) is 1. The van der Waals surface area contributed by atoms with Crippen molar-refractivity contribution >= 4 is 22.9 Å². The summed E-state index contributed by atoms with van der Waals surface area (Å²) in [4.78, 5) is 50.7. The minimum absolute atomic E-state index is 0.258. The summed E-state index contributed by atoms with van der Waals surface area (Å²) in [6.07, 6.45) is 0.624. The fourth-order valence-corrected chi connectivity index (χ4v) is 2.59. The van der Waals surface area contributed by atoms with E-state index in [1.165, 1.54) is 21.6 Å². The SMILES string of the molecule is CCCN(CC(=O)O)C(=O)c1ccc2c(c1)[nH]c(=O)c(=O)n2CC. The number of carbonyl (C=O) groups excluding carboxylic acids is 1. The first kappa shape index (κ1) is 17.5. The minimum atomic E-state index is -1.09. The van der Waals surface area contributed by atoms with Gasteiger partial charge in [0.15, 0.2) is 0 Å². The van der Waals surface area contributed by atoms with Gasteiger partial charge in [-0.2, -0.15) is 0 Å². The van der Waals surface area contributed by atoms with Crippen molar-refractivity contribution in [3.05, 3.63) is 44.5 Å². The number of rotatable bonds is 6. The van der Waals surface area contributed by atoms with Gasteiger partial charge in [0.05, 0.1) is 11.0 Å². The van der Waals surface area contributed by atoms with Crippen molar-refractivity contribution in [1.82, 2.24) is 14.5 Å². The maximum absolute atomic E-state index is 12.5. The zero-order valence-electron chi connectivity index (χ0n) is 13.5. The lowest BCUT2D eigenvalue weighted by Crippen LogP contribution is -2.37. The number of fused-ring (bicyclic) bond motifs is 1. The van der Waals surface area contributed by atoms with Gasteiger partial charge in [-0.15, -0.1) is 0 Å². The highest BCUT2D eigenvalue weighted by Gasteiger charge is 2.18. The van der Waals surface area contributed by atoms with E-state index in [2.05, 4.69) is 4.98 Å². The van der Waals surface area contributed by atoms with E-state index in [1.54, 1.807) is 13.0 Å². The summed E-state index contributed by atoms with van der Waals surface area (Å²) in [5.74, 6) is -1.53. The van der Waals surface area contributed by atoms with E-state index < -0.39 is 29.5 Å². The molecule has 1 heterocycles. The number of nitrogens with zero attached hydrogens (tertiary/aromatic N) is 2. The van der Waals surface area contributed by atoms with E-state index in [0.717, 1.165) is 0 Å². The second-order valence-electron chi connectivity index (χ2n) is 5.36. The zero-order chi connectivity index (χ0) is 17.9. The summed E-state index contributed by atoms with van der Waals surface area (Å²) >= 11 is 0. The number of aryl methyl sites for hydroxylation is 1. The second-order valence-corrected chi connectivity index (χ2v) is 5.36. The Hall–Kier alpha value is -2.90. The van der Waals surface area contributed by atoms with Crippen molar-refractivity contribution < 1.29 is 14.7 Å². The molecule has 0 atom stereocenters. The highest BCUT2D eigenvalue weighted by Crippen LogP contribution is 2.14. The van der Waals surface area contributed by atoms with Crippen LogP contribution in [0.5, 0.6) is 0 Å². The second kappa shape index (κ2) is 7.12. The lowest BCUT2D eigenvalue weighted by Gasteiger charge is -2.20. The number of carbonyl (C=O) groups is 2. The van der Waals surface area contributed by atoms with Crippen molar-refractivity contribution in [3.63, 3.8) is 0 Å². The molecule has 0 unspecified atom stereocenters. The molecule has 0 aliphatic heterocycles. The van der Waals surface area contributed by atoms with Crippen LogP contribution in [0.15, 0.2) is 27.8 Å². The van der Waals surface area contributed by atoms with E-state index in [4.69, 9.17) is 5.11 Å². The Balaban J connectivity index is 2.52. The van der Waals surface area contributed by atoms with Crippen LogP contribution in [0.2, 0.25) is 0 Å². The molecule has 2 N–H and O–H groups in total. The fraction of sp³-hybridized carbons (Fsp3) is 0.375. The summed E-state index contributed by atoms with van der Waals surface area (Å²) in [6, 6.07) is 4.57. The van der Waals surface area contributed by atoms with Crippen LogP contribution in [0.4, 0.5) is 0 Å². The molecule has 0 aliphatic carbocycles. The van der Waals surface area contributed by atoms with Crippen LogP contribution < -0.4 is 11.1 Å². The number of carboxylic acids is 1. The van der Waals surface area contributed by atoms with Gasteiger partial charge >= 0.3 is 17.1 Å². The molecule has 0 aliphatic rings. The Morgan fingerprint density at radius 2 is 1.96 bits per heavy atom. The number of nitrogens with one attached hydrogen (secondary N) is 1. The molecular weight excluding hydrogens is 314 g/mol. The first-order valence-electron chi connectivity index (χ1n) is 7.67. The Labute approximate surface area is 137 Å². The van der Waals surface area contributed by atoms with Crippen LogP contribution in [0.25, 0.3) is 11.0 Å². The van der Waals surface area contributed by atoms with Gasteiger partial charge in [-0.05, 0) is 31.5 Å². The van der Waals surface area contributed by atoms with Gasteiger partial charge in [0, 0.05) is 18.7 Å². The van der Waals surface area contributed by atoms with Crippen molar-refractivity contribution in [2.45, 2.75) is 26.8 Å². The third-order valence-corrected chi connectivity index (χ3v) is 3.64. The van der Waals surface area contributed by atoms with Crippen molar-refractivity contribution in [2.75, 3.05) is 13.1 Å². The zero-order valence-corrected chi connectivity index (χ0v) is 13.5. The largest absolute Gasteiger partial charge is 0.480 e. The van der Waals surface area contributed by atoms with Gasteiger partial charge in [0.1, 0.15) is 6.54 Å². The van der Waals surface area contributed by atoms with Crippen LogP contribution in [0.3, 0.4) is 0 Å². The summed E-state index contributed by atoms with van der Waals surface area (Å²) in [7, 11) is 0. The average Bonchev–Trinajstić information content (AvgIpc) is 2.54. The smallest absolute Gasteiger partial charge is 0.323 e. The molecular formula is C16H19N3O5.